The fourth-order valence-electron chi connectivity index (χ4n) is 4.66. The maximum Gasteiger partial charge on any atom is 0.317 e. The van der Waals surface area contributed by atoms with Crippen molar-refractivity contribution in [2.45, 2.75) is 52.4 Å². The zero-order valence-electron chi connectivity index (χ0n) is 16.5. The lowest BCUT2D eigenvalue weighted by molar-refractivity contribution is -0.141. The van der Waals surface area contributed by atoms with Crippen LogP contribution in [0.3, 0.4) is 0 Å². The van der Waals surface area contributed by atoms with Crippen molar-refractivity contribution in [3.63, 3.8) is 0 Å². The summed E-state index contributed by atoms with van der Waals surface area (Å²) in [5.74, 6) is 0.772. The van der Waals surface area contributed by atoms with Gasteiger partial charge in [-0.25, -0.2) is 4.79 Å². The smallest absolute Gasteiger partial charge is 0.317 e. The number of piperidine rings is 1. The molecule has 0 aromatic carbocycles. The Labute approximate surface area is 157 Å². The number of urea groups is 1. The van der Waals surface area contributed by atoms with E-state index in [1.807, 2.05) is 9.80 Å². The molecule has 3 aliphatic heterocycles. The molecule has 0 saturated carbocycles. The van der Waals surface area contributed by atoms with Gasteiger partial charge in [0.15, 0.2) is 0 Å². The van der Waals surface area contributed by atoms with Crippen molar-refractivity contribution in [1.29, 1.82) is 0 Å². The molecule has 148 valence electrons. The number of hydrogen-bond acceptors (Lipinski definition) is 3. The largest absolute Gasteiger partial charge is 0.381 e. The minimum atomic E-state index is -0.0951. The standard InChI is InChI=1S/C20H35N3O3/c1-16(2)6-9-21-19(25)23-14-17(18(24)22-10-4-3-5-11-22)20(15-23)7-12-26-13-8-20/h16-17H,3-15H2,1-2H3,(H,21,25). The summed E-state index contributed by atoms with van der Waals surface area (Å²) < 4.78 is 5.57. The Balaban J connectivity index is 1.67. The Morgan fingerprint density at radius 2 is 1.81 bits per heavy atom. The molecule has 26 heavy (non-hydrogen) atoms. The van der Waals surface area contributed by atoms with E-state index in [1.165, 1.54) is 6.42 Å². The van der Waals surface area contributed by atoms with E-state index in [4.69, 9.17) is 4.74 Å². The van der Waals surface area contributed by atoms with Gasteiger partial charge in [-0.05, 0) is 44.4 Å². The third-order valence-corrected chi connectivity index (χ3v) is 6.39. The van der Waals surface area contributed by atoms with Crippen LogP contribution in [0.1, 0.15) is 52.4 Å². The quantitative estimate of drug-likeness (QED) is 0.832. The number of carbonyl (C=O) groups excluding carboxylic acids is 2. The molecule has 3 saturated heterocycles. The number of nitrogens with zero attached hydrogens (tertiary/aromatic N) is 2. The summed E-state index contributed by atoms with van der Waals surface area (Å²) in [5, 5.41) is 3.05. The van der Waals surface area contributed by atoms with E-state index >= 15 is 0 Å². The van der Waals surface area contributed by atoms with Crippen LogP contribution in [0.4, 0.5) is 4.79 Å². The number of ether oxygens (including phenoxy) is 1. The number of amides is 3. The zero-order chi connectivity index (χ0) is 18.6. The molecule has 3 heterocycles. The Morgan fingerprint density at radius 3 is 2.46 bits per heavy atom. The van der Waals surface area contributed by atoms with Gasteiger partial charge >= 0.3 is 6.03 Å². The first kappa shape index (κ1) is 19.5. The first-order chi connectivity index (χ1) is 12.5. The number of nitrogens with one attached hydrogen (secondary N) is 1. The fraction of sp³-hybridized carbons (Fsp3) is 0.900. The molecule has 3 aliphatic rings. The maximum absolute atomic E-state index is 13.3. The van der Waals surface area contributed by atoms with E-state index < -0.39 is 0 Å². The van der Waals surface area contributed by atoms with Crippen molar-refractivity contribution in [1.82, 2.24) is 15.1 Å². The predicted octanol–water partition coefficient (Wildman–Crippen LogP) is 2.48. The van der Waals surface area contributed by atoms with Crippen LogP contribution < -0.4 is 5.32 Å². The second-order valence-electron chi connectivity index (χ2n) is 8.71. The van der Waals surface area contributed by atoms with E-state index in [9.17, 15) is 9.59 Å². The predicted molar refractivity (Wildman–Crippen MR) is 101 cm³/mol. The molecule has 1 atom stereocenters. The molecule has 0 bridgehead atoms. The highest BCUT2D eigenvalue weighted by atomic mass is 16.5. The van der Waals surface area contributed by atoms with Crippen molar-refractivity contribution in [2.24, 2.45) is 17.3 Å². The number of carbonyl (C=O) groups is 2. The van der Waals surface area contributed by atoms with Crippen LogP contribution >= 0.6 is 0 Å². The van der Waals surface area contributed by atoms with Crippen molar-refractivity contribution in [2.75, 3.05) is 45.9 Å². The normalized spacial score (nSPS) is 25.7. The average Bonchev–Trinajstić information content (AvgIpc) is 3.01. The van der Waals surface area contributed by atoms with Crippen LogP contribution in [0, 0.1) is 17.3 Å². The molecule has 0 aliphatic carbocycles. The first-order valence-electron chi connectivity index (χ1n) is 10.4. The van der Waals surface area contributed by atoms with E-state index in [0.29, 0.717) is 38.8 Å². The van der Waals surface area contributed by atoms with Crippen LogP contribution in [0.5, 0.6) is 0 Å². The Morgan fingerprint density at radius 1 is 1.12 bits per heavy atom. The highest BCUT2D eigenvalue weighted by molar-refractivity contribution is 5.83. The van der Waals surface area contributed by atoms with Gasteiger partial charge in [0.1, 0.15) is 0 Å². The summed E-state index contributed by atoms with van der Waals surface area (Å²) in [4.78, 5) is 29.9. The maximum atomic E-state index is 13.3. The van der Waals surface area contributed by atoms with E-state index in [-0.39, 0.29) is 23.3 Å². The summed E-state index contributed by atoms with van der Waals surface area (Å²) in [7, 11) is 0. The van der Waals surface area contributed by atoms with Gasteiger partial charge < -0.3 is 19.9 Å². The molecule has 1 spiro atoms. The number of likely N-dealkylation sites (tertiary alicyclic amines) is 2. The van der Waals surface area contributed by atoms with Gasteiger partial charge in [0, 0.05) is 51.4 Å². The second kappa shape index (κ2) is 8.59. The van der Waals surface area contributed by atoms with Gasteiger partial charge in [0.05, 0.1) is 5.92 Å². The van der Waals surface area contributed by atoms with E-state index in [2.05, 4.69) is 19.2 Å². The second-order valence-corrected chi connectivity index (χ2v) is 8.71. The van der Waals surface area contributed by atoms with Crippen molar-refractivity contribution in [3.8, 4) is 0 Å². The van der Waals surface area contributed by atoms with Gasteiger partial charge in [-0.15, -0.1) is 0 Å². The monoisotopic (exact) mass is 365 g/mol. The van der Waals surface area contributed by atoms with E-state index in [1.54, 1.807) is 0 Å². The first-order valence-corrected chi connectivity index (χ1v) is 10.4. The minimum Gasteiger partial charge on any atom is -0.381 e. The van der Waals surface area contributed by atoms with Gasteiger partial charge in [0.25, 0.3) is 0 Å². The Kier molecular flexibility index (Phi) is 6.43. The lowest BCUT2D eigenvalue weighted by Gasteiger charge is -2.39. The van der Waals surface area contributed by atoms with Crippen molar-refractivity contribution < 1.29 is 14.3 Å². The molecule has 0 radical (unpaired) electrons. The van der Waals surface area contributed by atoms with Crippen LogP contribution in [0.2, 0.25) is 0 Å². The Bertz CT molecular complexity index is 497. The number of hydrogen-bond donors (Lipinski definition) is 1. The molecule has 1 unspecified atom stereocenters. The SMILES string of the molecule is CC(C)CCNC(=O)N1CC(C(=O)N2CCCCC2)C2(CCOCC2)C1. The van der Waals surface area contributed by atoms with Crippen LogP contribution in [0.25, 0.3) is 0 Å². The molecule has 0 aromatic rings. The molecule has 0 aromatic heterocycles. The lowest BCUT2D eigenvalue weighted by atomic mass is 9.71. The van der Waals surface area contributed by atoms with Crippen LogP contribution in [-0.2, 0) is 9.53 Å². The third kappa shape index (κ3) is 4.33. The molecule has 6 nitrogen and oxygen atoms in total. The topological polar surface area (TPSA) is 61.9 Å². The molecular formula is C20H35N3O3. The fourth-order valence-corrected chi connectivity index (χ4v) is 4.66. The molecule has 6 heteroatoms. The van der Waals surface area contributed by atoms with Gasteiger partial charge in [-0.2, -0.15) is 0 Å². The minimum absolute atomic E-state index is 0.00883. The third-order valence-electron chi connectivity index (χ3n) is 6.39. The summed E-state index contributed by atoms with van der Waals surface area (Å²) in [6.45, 7) is 9.42. The number of rotatable bonds is 4. The van der Waals surface area contributed by atoms with Crippen molar-refractivity contribution in [3.05, 3.63) is 0 Å². The van der Waals surface area contributed by atoms with Gasteiger partial charge in [-0.3, -0.25) is 4.79 Å². The van der Waals surface area contributed by atoms with Crippen molar-refractivity contribution >= 4 is 11.9 Å². The molecule has 1 N–H and O–H groups in total. The van der Waals surface area contributed by atoms with Crippen LogP contribution in [0.15, 0.2) is 0 Å². The zero-order valence-corrected chi connectivity index (χ0v) is 16.5. The lowest BCUT2D eigenvalue weighted by Crippen LogP contribution is -2.47. The molecule has 3 fully saturated rings. The van der Waals surface area contributed by atoms with Gasteiger partial charge in [-0.1, -0.05) is 13.8 Å². The highest BCUT2D eigenvalue weighted by Crippen LogP contribution is 2.45. The van der Waals surface area contributed by atoms with E-state index in [0.717, 1.165) is 45.2 Å². The van der Waals surface area contributed by atoms with Gasteiger partial charge in [0.2, 0.25) is 5.91 Å². The summed E-state index contributed by atoms with van der Waals surface area (Å²) in [6.07, 6.45) is 6.18. The summed E-state index contributed by atoms with van der Waals surface area (Å²) in [6, 6.07) is -0.00883. The average molecular weight is 366 g/mol. The highest BCUT2D eigenvalue weighted by Gasteiger charge is 2.52. The summed E-state index contributed by atoms with van der Waals surface area (Å²) >= 11 is 0. The van der Waals surface area contributed by atoms with Crippen LogP contribution in [-0.4, -0.2) is 67.7 Å². The summed E-state index contributed by atoms with van der Waals surface area (Å²) in [5.41, 5.74) is -0.0951. The molecule has 3 amide bonds. The molecule has 3 rings (SSSR count). The Hall–Kier alpha value is -1.30. The molecular weight excluding hydrogens is 330 g/mol.